The molecule has 0 aliphatic carbocycles. The average Bonchev–Trinajstić information content (AvgIpc) is 3.75. The Morgan fingerprint density at radius 3 is 1.73 bits per heavy atom. The fourth-order valence-corrected chi connectivity index (χ4v) is 5.08. The third kappa shape index (κ3) is 11.3. The standard InChI is InChI=1S/C35H45N7O4.C3H8/c1-20(2)16-30(43)41-31(21(3)4)33-37-18-28(40-33)26-14-10-24(11-15-26)23-8-12-25(13-9-23)27-17-36-29(39-27)19-38-34(44)32(22(5)6)42-35(45)46-7;1-3-2/h8-15,17-18,20-22,31-32H,16,19H2,1-7H3,(H,36,39)(H,37,40)(H,38,44)(H,41,43)(H,42,45);3H2,1-2H3. The van der Waals surface area contributed by atoms with Crippen LogP contribution in [-0.4, -0.2) is 51.0 Å². The molecule has 0 aliphatic heterocycles. The van der Waals surface area contributed by atoms with E-state index < -0.39 is 12.1 Å². The smallest absolute Gasteiger partial charge is 0.407 e. The molecule has 0 spiro atoms. The van der Waals surface area contributed by atoms with E-state index in [2.05, 4.69) is 105 Å². The topological polar surface area (TPSA) is 154 Å². The van der Waals surface area contributed by atoms with Gasteiger partial charge in [0.2, 0.25) is 11.8 Å². The Labute approximate surface area is 290 Å². The number of rotatable bonds is 13. The monoisotopic (exact) mass is 671 g/mol. The number of amides is 3. The van der Waals surface area contributed by atoms with E-state index in [9.17, 15) is 14.4 Å². The first kappa shape index (κ1) is 38.5. The summed E-state index contributed by atoms with van der Waals surface area (Å²) in [6.45, 7) is 16.4. The number of ether oxygens (including phenoxy) is 1. The Morgan fingerprint density at radius 2 is 1.24 bits per heavy atom. The van der Waals surface area contributed by atoms with Crippen LogP contribution in [-0.2, 0) is 20.9 Å². The number of aromatic nitrogens is 4. The van der Waals surface area contributed by atoms with Crippen molar-refractivity contribution in [1.82, 2.24) is 35.9 Å². The number of H-pyrrole nitrogens is 2. The minimum absolute atomic E-state index is 0.0325. The highest BCUT2D eigenvalue weighted by Gasteiger charge is 2.25. The zero-order chi connectivity index (χ0) is 36.1. The lowest BCUT2D eigenvalue weighted by atomic mass is 10.0. The first-order valence-corrected chi connectivity index (χ1v) is 17.1. The molecule has 11 heteroatoms. The van der Waals surface area contributed by atoms with Gasteiger partial charge < -0.3 is 30.7 Å². The summed E-state index contributed by atoms with van der Waals surface area (Å²) < 4.78 is 4.63. The van der Waals surface area contributed by atoms with Gasteiger partial charge in [-0.3, -0.25) is 9.59 Å². The second kappa shape index (κ2) is 18.6. The molecule has 2 unspecified atom stereocenters. The van der Waals surface area contributed by atoms with Crippen LogP contribution in [0.4, 0.5) is 4.79 Å². The van der Waals surface area contributed by atoms with E-state index in [1.807, 2.05) is 46.0 Å². The molecule has 0 saturated heterocycles. The number of carbonyl (C=O) groups is 3. The zero-order valence-corrected chi connectivity index (χ0v) is 30.3. The van der Waals surface area contributed by atoms with Crippen LogP contribution < -0.4 is 16.0 Å². The van der Waals surface area contributed by atoms with Gasteiger partial charge in [-0.05, 0) is 40.0 Å². The van der Waals surface area contributed by atoms with Crippen LogP contribution in [0.2, 0.25) is 0 Å². The highest BCUT2D eigenvalue weighted by Crippen LogP contribution is 2.28. The fourth-order valence-electron chi connectivity index (χ4n) is 5.08. The lowest BCUT2D eigenvalue weighted by Crippen LogP contribution is -2.49. The number of hydrogen-bond acceptors (Lipinski definition) is 6. The van der Waals surface area contributed by atoms with Crippen molar-refractivity contribution in [3.8, 4) is 33.6 Å². The highest BCUT2D eigenvalue weighted by atomic mass is 16.5. The summed E-state index contributed by atoms with van der Waals surface area (Å²) >= 11 is 0. The van der Waals surface area contributed by atoms with Gasteiger partial charge in [0.05, 0.1) is 43.5 Å². The number of methoxy groups -OCH3 is 1. The number of benzene rings is 2. The molecule has 0 fully saturated rings. The van der Waals surface area contributed by atoms with E-state index in [4.69, 9.17) is 0 Å². The van der Waals surface area contributed by atoms with E-state index in [0.29, 0.717) is 18.2 Å². The Balaban J connectivity index is 0.00000209. The molecule has 264 valence electrons. The van der Waals surface area contributed by atoms with Crippen molar-refractivity contribution in [3.63, 3.8) is 0 Å². The van der Waals surface area contributed by atoms with Crippen LogP contribution in [0.25, 0.3) is 33.6 Å². The van der Waals surface area contributed by atoms with Crippen molar-refractivity contribution < 1.29 is 19.1 Å². The molecule has 11 nitrogen and oxygen atoms in total. The Bertz CT molecular complexity index is 1620. The molecule has 2 aromatic carbocycles. The van der Waals surface area contributed by atoms with E-state index in [0.717, 1.165) is 39.5 Å². The molecule has 0 radical (unpaired) electrons. The molecule has 2 atom stereocenters. The SMILES string of the molecule is CCC.COC(=O)NC(C(=O)NCc1ncc(-c2ccc(-c3ccc(-c4cnc(C(NC(=O)CC(C)C)C(C)C)[nH]4)cc3)cc2)[nH]1)C(C)C. The van der Waals surface area contributed by atoms with Gasteiger partial charge in [-0.25, -0.2) is 14.8 Å². The van der Waals surface area contributed by atoms with E-state index >= 15 is 0 Å². The predicted molar refractivity (Wildman–Crippen MR) is 194 cm³/mol. The Kier molecular flexibility index (Phi) is 14.6. The minimum Gasteiger partial charge on any atom is -0.453 e. The maximum absolute atomic E-state index is 12.6. The van der Waals surface area contributed by atoms with Crippen molar-refractivity contribution in [2.24, 2.45) is 17.8 Å². The van der Waals surface area contributed by atoms with Crippen molar-refractivity contribution in [2.45, 2.75) is 86.9 Å². The van der Waals surface area contributed by atoms with Gasteiger partial charge in [0.1, 0.15) is 17.7 Å². The second-order valence-electron chi connectivity index (χ2n) is 13.3. The van der Waals surface area contributed by atoms with Crippen LogP contribution >= 0.6 is 0 Å². The van der Waals surface area contributed by atoms with E-state index in [-0.39, 0.29) is 36.2 Å². The summed E-state index contributed by atoms with van der Waals surface area (Å²) in [7, 11) is 1.26. The molecular formula is C38H53N7O4. The predicted octanol–water partition coefficient (Wildman–Crippen LogP) is 7.41. The van der Waals surface area contributed by atoms with Gasteiger partial charge in [-0.1, -0.05) is 110 Å². The lowest BCUT2D eigenvalue weighted by Gasteiger charge is -2.21. The highest BCUT2D eigenvalue weighted by molar-refractivity contribution is 5.85. The molecule has 2 aromatic heterocycles. The largest absolute Gasteiger partial charge is 0.453 e. The molecule has 4 rings (SSSR count). The maximum Gasteiger partial charge on any atom is 0.407 e. The van der Waals surface area contributed by atoms with Gasteiger partial charge in [0, 0.05) is 6.42 Å². The quantitative estimate of drug-likeness (QED) is 0.0998. The summed E-state index contributed by atoms with van der Waals surface area (Å²) in [5, 5.41) is 8.51. The maximum atomic E-state index is 12.6. The molecule has 0 aliphatic rings. The van der Waals surface area contributed by atoms with Crippen molar-refractivity contribution in [2.75, 3.05) is 7.11 Å². The molecule has 5 N–H and O–H groups in total. The minimum atomic E-state index is -0.716. The summed E-state index contributed by atoms with van der Waals surface area (Å²) in [5.41, 5.74) is 5.83. The first-order valence-electron chi connectivity index (χ1n) is 17.1. The lowest BCUT2D eigenvalue weighted by molar-refractivity contribution is -0.124. The van der Waals surface area contributed by atoms with Crippen LogP contribution in [0.3, 0.4) is 0 Å². The van der Waals surface area contributed by atoms with Gasteiger partial charge >= 0.3 is 6.09 Å². The number of aromatic amines is 2. The van der Waals surface area contributed by atoms with Crippen LogP contribution in [0.15, 0.2) is 60.9 Å². The number of nitrogens with zero attached hydrogens (tertiary/aromatic N) is 2. The molecule has 0 bridgehead atoms. The zero-order valence-electron chi connectivity index (χ0n) is 30.3. The van der Waals surface area contributed by atoms with Crippen LogP contribution in [0.1, 0.15) is 85.9 Å². The van der Waals surface area contributed by atoms with Gasteiger partial charge in [-0.2, -0.15) is 0 Å². The normalized spacial score (nSPS) is 12.2. The summed E-state index contributed by atoms with van der Waals surface area (Å²) in [5.74, 6) is 1.44. The molecule has 4 aromatic rings. The fraction of sp³-hybridized carbons (Fsp3) is 0.447. The average molecular weight is 672 g/mol. The first-order chi connectivity index (χ1) is 23.4. The Hall–Kier alpha value is -4.93. The molecule has 3 amide bonds. The molecule has 49 heavy (non-hydrogen) atoms. The van der Waals surface area contributed by atoms with E-state index in [1.165, 1.54) is 13.5 Å². The van der Waals surface area contributed by atoms with Gasteiger partial charge in [0.25, 0.3) is 0 Å². The molecule has 0 saturated carbocycles. The number of alkyl carbamates (subject to hydrolysis) is 1. The summed E-state index contributed by atoms with van der Waals surface area (Å²) in [6.07, 6.45) is 4.63. The molecule has 2 heterocycles. The van der Waals surface area contributed by atoms with E-state index in [1.54, 1.807) is 6.20 Å². The second-order valence-corrected chi connectivity index (χ2v) is 13.3. The Morgan fingerprint density at radius 1 is 0.735 bits per heavy atom. The third-order valence-corrected chi connectivity index (χ3v) is 7.66. The molecular weight excluding hydrogens is 618 g/mol. The number of hydrogen-bond donors (Lipinski definition) is 5. The number of nitrogens with one attached hydrogen (secondary N) is 5. The summed E-state index contributed by atoms with van der Waals surface area (Å²) in [6, 6.07) is 15.5. The summed E-state index contributed by atoms with van der Waals surface area (Å²) in [4.78, 5) is 52.3. The van der Waals surface area contributed by atoms with Crippen LogP contribution in [0, 0.1) is 17.8 Å². The van der Waals surface area contributed by atoms with Crippen molar-refractivity contribution in [1.29, 1.82) is 0 Å². The number of imidazole rings is 2. The van der Waals surface area contributed by atoms with Crippen LogP contribution in [0.5, 0.6) is 0 Å². The third-order valence-electron chi connectivity index (χ3n) is 7.66. The van der Waals surface area contributed by atoms with Crippen molar-refractivity contribution in [3.05, 3.63) is 72.6 Å². The number of carbonyl (C=O) groups excluding carboxylic acids is 3. The van der Waals surface area contributed by atoms with Gasteiger partial charge in [0.15, 0.2) is 0 Å². The van der Waals surface area contributed by atoms with Crippen molar-refractivity contribution >= 4 is 17.9 Å². The van der Waals surface area contributed by atoms with Gasteiger partial charge in [-0.15, -0.1) is 0 Å².